The van der Waals surface area contributed by atoms with Crippen molar-refractivity contribution in [1.82, 2.24) is 25.2 Å². The van der Waals surface area contributed by atoms with E-state index in [0.717, 1.165) is 35.3 Å². The van der Waals surface area contributed by atoms with Gasteiger partial charge in [0.25, 0.3) is 0 Å². The molecular weight excluding hydrogens is 264 g/mol. The van der Waals surface area contributed by atoms with E-state index < -0.39 is 0 Å². The van der Waals surface area contributed by atoms with Gasteiger partial charge in [-0.15, -0.1) is 0 Å². The van der Waals surface area contributed by atoms with Crippen molar-refractivity contribution in [3.05, 3.63) is 54.1 Å². The number of nitrogens with one attached hydrogen (secondary N) is 1. The van der Waals surface area contributed by atoms with Gasteiger partial charge in [0.15, 0.2) is 0 Å². The van der Waals surface area contributed by atoms with Gasteiger partial charge in [-0.05, 0) is 18.6 Å². The molecule has 3 rings (SSSR count). The predicted octanol–water partition coefficient (Wildman–Crippen LogP) is 1.79. The first kappa shape index (κ1) is 13.7. The van der Waals surface area contributed by atoms with E-state index in [0.29, 0.717) is 0 Å². The SMILES string of the molecule is CCCn1cc(C(NN)c2cnc3ccccc3n2)cn1. The van der Waals surface area contributed by atoms with Gasteiger partial charge in [0.2, 0.25) is 0 Å². The van der Waals surface area contributed by atoms with E-state index in [1.807, 2.05) is 41.3 Å². The lowest BCUT2D eigenvalue weighted by molar-refractivity contribution is 0.595. The van der Waals surface area contributed by atoms with E-state index >= 15 is 0 Å². The summed E-state index contributed by atoms with van der Waals surface area (Å²) in [7, 11) is 0. The van der Waals surface area contributed by atoms with Crippen molar-refractivity contribution < 1.29 is 0 Å². The van der Waals surface area contributed by atoms with Gasteiger partial charge in [-0.1, -0.05) is 19.1 Å². The van der Waals surface area contributed by atoms with E-state index in [9.17, 15) is 0 Å². The first-order valence-electron chi connectivity index (χ1n) is 7.02. The molecule has 2 heterocycles. The third-order valence-corrected chi connectivity index (χ3v) is 3.37. The minimum atomic E-state index is -0.215. The molecule has 108 valence electrons. The number of nitrogens with zero attached hydrogens (tertiary/aromatic N) is 4. The number of aryl methyl sites for hydroxylation is 1. The van der Waals surface area contributed by atoms with Crippen LogP contribution >= 0.6 is 0 Å². The second-order valence-corrected chi connectivity index (χ2v) is 4.92. The lowest BCUT2D eigenvalue weighted by Gasteiger charge is -2.13. The molecule has 0 fully saturated rings. The van der Waals surface area contributed by atoms with Gasteiger partial charge in [-0.25, -0.2) is 10.4 Å². The highest BCUT2D eigenvalue weighted by Gasteiger charge is 2.16. The highest BCUT2D eigenvalue weighted by atomic mass is 15.3. The largest absolute Gasteiger partial charge is 0.272 e. The fourth-order valence-electron chi connectivity index (χ4n) is 2.34. The molecule has 1 aromatic carbocycles. The van der Waals surface area contributed by atoms with Crippen LogP contribution in [-0.4, -0.2) is 19.7 Å². The number of nitrogens with two attached hydrogens (primary N) is 1. The second-order valence-electron chi connectivity index (χ2n) is 4.92. The summed E-state index contributed by atoms with van der Waals surface area (Å²) >= 11 is 0. The molecule has 1 unspecified atom stereocenters. The Morgan fingerprint density at radius 2 is 2.05 bits per heavy atom. The molecule has 0 aliphatic heterocycles. The van der Waals surface area contributed by atoms with Crippen molar-refractivity contribution in [3.63, 3.8) is 0 Å². The Bertz CT molecular complexity index is 736. The molecule has 0 bridgehead atoms. The number of hydrogen-bond donors (Lipinski definition) is 2. The molecular formula is C15H18N6. The van der Waals surface area contributed by atoms with E-state index in [2.05, 4.69) is 27.4 Å². The number of rotatable bonds is 5. The lowest BCUT2D eigenvalue weighted by Crippen LogP contribution is -2.29. The first-order valence-corrected chi connectivity index (χ1v) is 7.02. The van der Waals surface area contributed by atoms with Crippen LogP contribution < -0.4 is 11.3 Å². The lowest BCUT2D eigenvalue weighted by atomic mass is 10.1. The zero-order chi connectivity index (χ0) is 14.7. The quantitative estimate of drug-likeness (QED) is 0.551. The van der Waals surface area contributed by atoms with E-state index in [-0.39, 0.29) is 6.04 Å². The van der Waals surface area contributed by atoms with Crippen LogP contribution in [0, 0.1) is 0 Å². The molecule has 0 saturated carbocycles. The normalized spacial score (nSPS) is 12.7. The summed E-state index contributed by atoms with van der Waals surface area (Å²) < 4.78 is 1.91. The van der Waals surface area contributed by atoms with Crippen molar-refractivity contribution in [2.45, 2.75) is 25.9 Å². The number of benzene rings is 1. The fraction of sp³-hybridized carbons (Fsp3) is 0.267. The molecule has 6 heteroatoms. The van der Waals surface area contributed by atoms with Crippen molar-refractivity contribution in [2.75, 3.05) is 0 Å². The van der Waals surface area contributed by atoms with Crippen LogP contribution in [-0.2, 0) is 6.54 Å². The Kier molecular flexibility index (Phi) is 3.89. The average Bonchev–Trinajstić information content (AvgIpc) is 2.97. The van der Waals surface area contributed by atoms with Crippen LogP contribution in [0.25, 0.3) is 11.0 Å². The van der Waals surface area contributed by atoms with Crippen LogP contribution in [0.5, 0.6) is 0 Å². The first-order chi connectivity index (χ1) is 10.3. The smallest absolute Gasteiger partial charge is 0.0927 e. The Hall–Kier alpha value is -2.31. The number of hydrazine groups is 1. The Balaban J connectivity index is 1.96. The van der Waals surface area contributed by atoms with E-state index in [1.54, 1.807) is 6.20 Å². The van der Waals surface area contributed by atoms with Gasteiger partial charge < -0.3 is 0 Å². The summed E-state index contributed by atoms with van der Waals surface area (Å²) in [4.78, 5) is 9.07. The monoisotopic (exact) mass is 282 g/mol. The van der Waals surface area contributed by atoms with Crippen LogP contribution in [0.15, 0.2) is 42.9 Å². The molecule has 0 spiro atoms. The second kappa shape index (κ2) is 5.99. The highest BCUT2D eigenvalue weighted by Crippen LogP contribution is 2.20. The zero-order valence-corrected chi connectivity index (χ0v) is 11.9. The molecule has 6 nitrogen and oxygen atoms in total. The van der Waals surface area contributed by atoms with Gasteiger partial charge in [-0.3, -0.25) is 15.5 Å². The molecule has 0 aliphatic rings. The summed E-state index contributed by atoms with van der Waals surface area (Å²) in [5.74, 6) is 5.71. The molecule has 0 radical (unpaired) electrons. The molecule has 2 aromatic heterocycles. The molecule has 21 heavy (non-hydrogen) atoms. The van der Waals surface area contributed by atoms with Gasteiger partial charge in [0.05, 0.1) is 35.2 Å². The highest BCUT2D eigenvalue weighted by molar-refractivity contribution is 5.73. The molecule has 1 atom stereocenters. The van der Waals surface area contributed by atoms with Gasteiger partial charge in [0.1, 0.15) is 0 Å². The van der Waals surface area contributed by atoms with Crippen LogP contribution in [0.1, 0.15) is 30.6 Å². The minimum Gasteiger partial charge on any atom is -0.272 e. The van der Waals surface area contributed by atoms with Gasteiger partial charge in [0, 0.05) is 18.3 Å². The maximum Gasteiger partial charge on any atom is 0.0927 e. The van der Waals surface area contributed by atoms with Crippen molar-refractivity contribution in [3.8, 4) is 0 Å². The summed E-state index contributed by atoms with van der Waals surface area (Å²) in [6.45, 7) is 3.01. The molecule has 0 saturated heterocycles. The summed E-state index contributed by atoms with van der Waals surface area (Å²) in [6, 6.07) is 7.57. The third-order valence-electron chi connectivity index (χ3n) is 3.37. The third kappa shape index (κ3) is 2.76. The molecule has 0 amide bonds. The molecule has 0 aliphatic carbocycles. The van der Waals surface area contributed by atoms with E-state index in [4.69, 9.17) is 5.84 Å². The zero-order valence-electron chi connectivity index (χ0n) is 11.9. The molecule has 3 aromatic rings. The predicted molar refractivity (Wildman–Crippen MR) is 81.2 cm³/mol. The van der Waals surface area contributed by atoms with Crippen LogP contribution in [0.3, 0.4) is 0 Å². The number of aromatic nitrogens is 4. The standard InChI is InChI=1S/C15H18N6/c1-2-7-21-10-11(8-18-21)15(20-16)14-9-17-12-5-3-4-6-13(12)19-14/h3-6,8-10,15,20H,2,7,16H2,1H3. The van der Waals surface area contributed by atoms with Crippen LogP contribution in [0.2, 0.25) is 0 Å². The van der Waals surface area contributed by atoms with E-state index in [1.165, 1.54) is 0 Å². The Morgan fingerprint density at radius 3 is 2.81 bits per heavy atom. The van der Waals surface area contributed by atoms with Crippen molar-refractivity contribution in [1.29, 1.82) is 0 Å². The maximum atomic E-state index is 5.71. The van der Waals surface area contributed by atoms with Crippen molar-refractivity contribution >= 4 is 11.0 Å². The topological polar surface area (TPSA) is 81.7 Å². The maximum absolute atomic E-state index is 5.71. The van der Waals surface area contributed by atoms with Crippen molar-refractivity contribution in [2.24, 2.45) is 5.84 Å². The molecule has 3 N–H and O–H groups in total. The average molecular weight is 282 g/mol. The number of para-hydroxylation sites is 2. The van der Waals surface area contributed by atoms with Gasteiger partial charge >= 0.3 is 0 Å². The number of fused-ring (bicyclic) bond motifs is 1. The summed E-state index contributed by atoms with van der Waals surface area (Å²) in [6.07, 6.45) is 6.60. The number of hydrogen-bond acceptors (Lipinski definition) is 5. The fourth-order valence-corrected chi connectivity index (χ4v) is 2.34. The van der Waals surface area contributed by atoms with Gasteiger partial charge in [-0.2, -0.15) is 5.10 Å². The minimum absolute atomic E-state index is 0.215. The summed E-state index contributed by atoms with van der Waals surface area (Å²) in [5.41, 5.74) is 6.30. The Morgan fingerprint density at radius 1 is 1.24 bits per heavy atom. The Labute approximate surface area is 123 Å². The van der Waals surface area contributed by atoms with Crippen LogP contribution in [0.4, 0.5) is 0 Å². The summed E-state index contributed by atoms with van der Waals surface area (Å²) in [5, 5.41) is 4.34.